The highest BCUT2D eigenvalue weighted by Crippen LogP contribution is 2.17. The van der Waals surface area contributed by atoms with Crippen LogP contribution in [0, 0.1) is 0 Å². The zero-order chi connectivity index (χ0) is 11.1. The maximum absolute atomic E-state index is 11.6. The first-order valence-corrected chi connectivity index (χ1v) is 6.38. The van der Waals surface area contributed by atoms with Crippen molar-refractivity contribution in [1.29, 1.82) is 0 Å². The number of hydrogen-bond acceptors (Lipinski definition) is 3. The molecule has 15 heavy (non-hydrogen) atoms. The van der Waals surface area contributed by atoms with Crippen LogP contribution in [0.15, 0.2) is 12.1 Å². The van der Waals surface area contributed by atoms with Crippen molar-refractivity contribution in [2.45, 2.75) is 33.1 Å². The Morgan fingerprint density at radius 3 is 2.67 bits per heavy atom. The van der Waals surface area contributed by atoms with Gasteiger partial charge in [-0.1, -0.05) is 13.8 Å². The molecular formula is C12H19NOS. The molecule has 0 aromatic carbocycles. The smallest absolute Gasteiger partial charge is 0.139 e. The quantitative estimate of drug-likeness (QED) is 0.722. The van der Waals surface area contributed by atoms with Crippen LogP contribution in [-0.4, -0.2) is 18.9 Å². The topological polar surface area (TPSA) is 29.1 Å². The fourth-order valence-electron chi connectivity index (χ4n) is 1.39. The number of thiophene rings is 1. The van der Waals surface area contributed by atoms with Crippen LogP contribution in [0.3, 0.4) is 0 Å². The predicted molar refractivity (Wildman–Crippen MR) is 65.6 cm³/mol. The van der Waals surface area contributed by atoms with E-state index in [1.54, 1.807) is 11.3 Å². The van der Waals surface area contributed by atoms with Gasteiger partial charge in [-0.2, -0.15) is 0 Å². The van der Waals surface area contributed by atoms with Crippen LogP contribution in [-0.2, 0) is 17.6 Å². The van der Waals surface area contributed by atoms with E-state index in [0.29, 0.717) is 18.6 Å². The normalized spacial score (nSPS) is 10.5. The summed E-state index contributed by atoms with van der Waals surface area (Å²) in [7, 11) is 0. The average molecular weight is 225 g/mol. The van der Waals surface area contributed by atoms with Gasteiger partial charge in [0, 0.05) is 29.1 Å². The van der Waals surface area contributed by atoms with Crippen LogP contribution < -0.4 is 5.32 Å². The fraction of sp³-hybridized carbons (Fsp3) is 0.583. The molecule has 1 aromatic heterocycles. The molecule has 0 aliphatic rings. The Morgan fingerprint density at radius 1 is 1.33 bits per heavy atom. The Labute approximate surface area is 95.7 Å². The van der Waals surface area contributed by atoms with Gasteiger partial charge in [-0.05, 0) is 25.1 Å². The Hall–Kier alpha value is -0.670. The van der Waals surface area contributed by atoms with Crippen LogP contribution in [0.2, 0.25) is 0 Å². The van der Waals surface area contributed by atoms with Crippen molar-refractivity contribution in [2.24, 2.45) is 0 Å². The molecule has 1 heterocycles. The highest BCUT2D eigenvalue weighted by Gasteiger charge is 2.05. The predicted octanol–water partition coefficient (Wildman–Crippen LogP) is 2.42. The number of Topliss-reactive ketones (excluding diaryl/α,β-unsaturated/α-hetero) is 1. The van der Waals surface area contributed by atoms with Crippen molar-refractivity contribution < 1.29 is 4.79 Å². The second-order valence-electron chi connectivity index (χ2n) is 3.54. The molecule has 0 saturated carbocycles. The highest BCUT2D eigenvalue weighted by molar-refractivity contribution is 7.12. The second-order valence-corrected chi connectivity index (χ2v) is 4.79. The minimum absolute atomic E-state index is 0.334. The monoisotopic (exact) mass is 225 g/mol. The molecule has 1 aromatic rings. The van der Waals surface area contributed by atoms with Crippen molar-refractivity contribution in [3.05, 3.63) is 21.9 Å². The molecule has 1 N–H and O–H groups in total. The molecule has 3 heteroatoms. The van der Waals surface area contributed by atoms with Crippen molar-refractivity contribution in [1.82, 2.24) is 5.32 Å². The van der Waals surface area contributed by atoms with Gasteiger partial charge in [0.1, 0.15) is 5.78 Å². The van der Waals surface area contributed by atoms with Gasteiger partial charge in [-0.15, -0.1) is 11.3 Å². The summed E-state index contributed by atoms with van der Waals surface area (Å²) in [6, 6.07) is 4.20. The van der Waals surface area contributed by atoms with Gasteiger partial charge in [0.15, 0.2) is 0 Å². The summed E-state index contributed by atoms with van der Waals surface area (Å²) < 4.78 is 0. The lowest BCUT2D eigenvalue weighted by molar-refractivity contribution is -0.118. The molecule has 0 radical (unpaired) electrons. The molecule has 2 nitrogen and oxygen atoms in total. The summed E-state index contributed by atoms with van der Waals surface area (Å²) in [4.78, 5) is 14.1. The Bertz CT molecular complexity index is 306. The first-order chi connectivity index (χ1) is 7.26. The van der Waals surface area contributed by atoms with E-state index in [9.17, 15) is 4.79 Å². The molecule has 0 aliphatic heterocycles. The summed E-state index contributed by atoms with van der Waals surface area (Å²) in [6.07, 6.45) is 2.32. The summed E-state index contributed by atoms with van der Waals surface area (Å²) in [5, 5.41) is 3.16. The molecule has 1 rings (SSSR count). The zero-order valence-electron chi connectivity index (χ0n) is 9.51. The molecule has 0 fully saturated rings. The molecule has 0 bridgehead atoms. The average Bonchev–Trinajstić information content (AvgIpc) is 2.66. The van der Waals surface area contributed by atoms with E-state index in [4.69, 9.17) is 0 Å². The van der Waals surface area contributed by atoms with E-state index in [-0.39, 0.29) is 0 Å². The number of ketones is 1. The summed E-state index contributed by atoms with van der Waals surface area (Å²) in [5.74, 6) is 0.334. The summed E-state index contributed by atoms with van der Waals surface area (Å²) in [6.45, 7) is 5.94. The van der Waals surface area contributed by atoms with Crippen LogP contribution >= 0.6 is 11.3 Å². The van der Waals surface area contributed by atoms with Crippen LogP contribution in [0.25, 0.3) is 0 Å². The van der Waals surface area contributed by atoms with Gasteiger partial charge in [-0.25, -0.2) is 0 Å². The lowest BCUT2D eigenvalue weighted by atomic mass is 10.2. The number of nitrogens with one attached hydrogen (secondary N) is 1. The fourth-order valence-corrected chi connectivity index (χ4v) is 2.38. The third-order valence-electron chi connectivity index (χ3n) is 2.27. The molecule has 0 aliphatic carbocycles. The summed E-state index contributed by atoms with van der Waals surface area (Å²) >= 11 is 1.76. The van der Waals surface area contributed by atoms with Crippen LogP contribution in [0.5, 0.6) is 0 Å². The van der Waals surface area contributed by atoms with Gasteiger partial charge >= 0.3 is 0 Å². The molecule has 0 atom stereocenters. The molecule has 0 unspecified atom stereocenters. The van der Waals surface area contributed by atoms with Gasteiger partial charge in [-0.3, -0.25) is 4.79 Å². The van der Waals surface area contributed by atoms with Crippen LogP contribution in [0.1, 0.15) is 30.0 Å². The number of carbonyl (C=O) groups excluding carboxylic acids is 1. The summed E-state index contributed by atoms with van der Waals surface area (Å²) in [5.41, 5.74) is 0. The highest BCUT2D eigenvalue weighted by atomic mass is 32.1. The van der Waals surface area contributed by atoms with E-state index < -0.39 is 0 Å². The third kappa shape index (κ3) is 4.58. The molecule has 84 valence electrons. The van der Waals surface area contributed by atoms with E-state index in [0.717, 1.165) is 19.5 Å². The lowest BCUT2D eigenvalue weighted by Crippen LogP contribution is -2.18. The number of carbonyl (C=O) groups is 1. The van der Waals surface area contributed by atoms with E-state index in [1.807, 2.05) is 0 Å². The zero-order valence-corrected chi connectivity index (χ0v) is 10.3. The Kier molecular flexibility index (Phi) is 5.58. The first kappa shape index (κ1) is 12.4. The van der Waals surface area contributed by atoms with Crippen molar-refractivity contribution in [3.63, 3.8) is 0 Å². The lowest BCUT2D eigenvalue weighted by Gasteiger charge is -1.99. The van der Waals surface area contributed by atoms with E-state index >= 15 is 0 Å². The minimum Gasteiger partial charge on any atom is -0.317 e. The molecule has 0 amide bonds. The number of hydrogen-bond donors (Lipinski definition) is 1. The van der Waals surface area contributed by atoms with Crippen molar-refractivity contribution in [3.8, 4) is 0 Å². The van der Waals surface area contributed by atoms with Gasteiger partial charge < -0.3 is 5.32 Å². The molecule has 0 spiro atoms. The van der Waals surface area contributed by atoms with Crippen molar-refractivity contribution in [2.75, 3.05) is 13.1 Å². The van der Waals surface area contributed by atoms with E-state index in [2.05, 4.69) is 31.3 Å². The molecular weight excluding hydrogens is 206 g/mol. The third-order valence-corrected chi connectivity index (χ3v) is 3.50. The van der Waals surface area contributed by atoms with Gasteiger partial charge in [0.05, 0.1) is 0 Å². The van der Waals surface area contributed by atoms with Gasteiger partial charge in [0.25, 0.3) is 0 Å². The SMILES string of the molecule is CCNCCC(=O)Cc1ccc(CC)s1. The maximum atomic E-state index is 11.6. The Morgan fingerprint density at radius 2 is 2.07 bits per heavy atom. The number of rotatable bonds is 7. The standard InChI is InChI=1S/C12H19NOS/c1-3-11-5-6-12(15-11)9-10(14)7-8-13-4-2/h5-6,13H,3-4,7-9H2,1-2H3. The largest absolute Gasteiger partial charge is 0.317 e. The van der Waals surface area contributed by atoms with Gasteiger partial charge in [0.2, 0.25) is 0 Å². The molecule has 0 saturated heterocycles. The minimum atomic E-state index is 0.334. The van der Waals surface area contributed by atoms with E-state index in [1.165, 1.54) is 9.75 Å². The maximum Gasteiger partial charge on any atom is 0.139 e. The Balaban J connectivity index is 2.31. The van der Waals surface area contributed by atoms with Crippen LogP contribution in [0.4, 0.5) is 0 Å². The number of aryl methyl sites for hydroxylation is 1. The second kappa shape index (κ2) is 6.75. The first-order valence-electron chi connectivity index (χ1n) is 5.56. The van der Waals surface area contributed by atoms with Crippen molar-refractivity contribution >= 4 is 17.1 Å².